The van der Waals surface area contributed by atoms with Crippen LogP contribution in [0.2, 0.25) is 0 Å². The van der Waals surface area contributed by atoms with Gasteiger partial charge in [-0.05, 0) is 25.0 Å². The van der Waals surface area contributed by atoms with Crippen molar-refractivity contribution in [3.05, 3.63) is 48.4 Å². The fourth-order valence-electron chi connectivity index (χ4n) is 3.27. The molecule has 0 unspecified atom stereocenters. The van der Waals surface area contributed by atoms with Gasteiger partial charge in [0.2, 0.25) is 5.91 Å². The van der Waals surface area contributed by atoms with E-state index in [-0.39, 0.29) is 45.4 Å². The molecule has 2 heterocycles. The lowest BCUT2D eigenvalue weighted by Gasteiger charge is -2.17. The number of hydrogen-bond donors (Lipinski definition) is 3. The number of benzene rings is 1. The molecule has 182 valence electrons. The first-order chi connectivity index (χ1) is 17.9. The molecule has 12 heteroatoms. The Hall–Kier alpha value is -4.06. The van der Waals surface area contributed by atoms with E-state index in [1.807, 2.05) is 5.32 Å². The Bertz CT molecular complexity index is 1490. The van der Waals surface area contributed by atoms with Gasteiger partial charge in [-0.3, -0.25) is 9.59 Å². The third-order valence-electron chi connectivity index (χ3n) is 5.25. The van der Waals surface area contributed by atoms with Crippen molar-refractivity contribution in [1.82, 2.24) is 20.3 Å². The summed E-state index contributed by atoms with van der Waals surface area (Å²) in [5, 5.41) is 7.67. The Balaban J connectivity index is 1.73. The number of methoxy groups -OCH3 is 1. The number of aromatic nitrogens is 3. The number of carbonyl (C=O) groups excluding carboxylic acids is 2. The van der Waals surface area contributed by atoms with E-state index < -0.39 is 22.7 Å². The molecule has 2 aromatic heterocycles. The van der Waals surface area contributed by atoms with Gasteiger partial charge >= 0.3 is 0 Å². The molecule has 0 radical (unpaired) electrons. The van der Waals surface area contributed by atoms with E-state index in [0.717, 1.165) is 25.3 Å². The summed E-state index contributed by atoms with van der Waals surface area (Å²) in [5.41, 5.74) is 0.833. The topological polar surface area (TPSA) is 152 Å². The zero-order valence-electron chi connectivity index (χ0n) is 21.8. The Morgan fingerprint density at radius 1 is 1.11 bits per heavy atom. The van der Waals surface area contributed by atoms with Crippen LogP contribution < -0.4 is 20.7 Å². The maximum absolute atomic E-state index is 12.7. The van der Waals surface area contributed by atoms with Crippen LogP contribution in [0.15, 0.2) is 47.8 Å². The molecule has 0 bridgehead atoms. The van der Waals surface area contributed by atoms with Gasteiger partial charge in [0.25, 0.3) is 5.91 Å². The first-order valence-electron chi connectivity index (χ1n) is 12.0. The average molecular weight is 500 g/mol. The molecule has 1 aliphatic carbocycles. The molecule has 0 spiro atoms. The average Bonchev–Trinajstić information content (AvgIpc) is 3.68. The van der Waals surface area contributed by atoms with Gasteiger partial charge in [0.15, 0.2) is 21.4 Å². The Morgan fingerprint density at radius 2 is 1.86 bits per heavy atom. The number of sulfone groups is 1. The fourth-order valence-corrected chi connectivity index (χ4v) is 3.76. The number of pyridine rings is 1. The molecular formula is C23H24N6O5S. The third-order valence-corrected chi connectivity index (χ3v) is 6.31. The first kappa shape index (κ1) is 20.3. The smallest absolute Gasteiger partial charge is 0.254 e. The van der Waals surface area contributed by atoms with Crippen LogP contribution in [-0.4, -0.2) is 55.5 Å². The highest BCUT2D eigenvalue weighted by Crippen LogP contribution is 2.37. The molecule has 35 heavy (non-hydrogen) atoms. The van der Waals surface area contributed by atoms with Gasteiger partial charge in [-0.15, -0.1) is 0 Å². The number of para-hydroxylation sites is 1. The van der Waals surface area contributed by atoms with E-state index in [9.17, 15) is 18.0 Å². The molecule has 0 saturated heterocycles. The van der Waals surface area contributed by atoms with Gasteiger partial charge in [-0.1, -0.05) is 6.07 Å². The van der Waals surface area contributed by atoms with Crippen molar-refractivity contribution < 1.29 is 26.9 Å². The normalized spacial score (nSPS) is 14.7. The second-order valence-corrected chi connectivity index (χ2v) is 9.87. The van der Waals surface area contributed by atoms with E-state index in [1.54, 1.807) is 18.2 Å². The van der Waals surface area contributed by atoms with Crippen LogP contribution in [0.3, 0.4) is 0 Å². The van der Waals surface area contributed by atoms with Gasteiger partial charge in [0.05, 0.1) is 29.6 Å². The Labute approximate surface area is 206 Å². The maximum Gasteiger partial charge on any atom is 0.254 e. The highest BCUT2D eigenvalue weighted by Gasteiger charge is 2.30. The number of anilines is 3. The molecule has 1 aromatic carbocycles. The zero-order chi connectivity index (χ0) is 27.7. The summed E-state index contributed by atoms with van der Waals surface area (Å²) in [4.78, 5) is 37.3. The molecule has 0 aliphatic heterocycles. The summed E-state index contributed by atoms with van der Waals surface area (Å²) in [6, 6.07) is 6.38. The standard InChI is InChI=1S/C23H24N6O5S/c1-24-23(31)16-12-25-19(29-22(30)13-7-8-13)9-18(16)28-17-6-4-5-15(20(17)34-2)21-26-10-14(11-27-21)35(3,32)33/h4-6,9-13H,7-8H2,1-3H3,(H,24,31)(H2,25,28,29,30)/i1D3. The molecule has 3 aromatic rings. The largest absolute Gasteiger partial charge is 0.494 e. The predicted octanol–water partition coefficient (Wildman–Crippen LogP) is 2.40. The van der Waals surface area contributed by atoms with E-state index in [4.69, 9.17) is 8.85 Å². The van der Waals surface area contributed by atoms with Gasteiger partial charge in [0, 0.05) is 47.9 Å². The third kappa shape index (κ3) is 5.38. The van der Waals surface area contributed by atoms with Crippen LogP contribution in [0.4, 0.5) is 17.2 Å². The number of carbonyl (C=O) groups is 2. The lowest BCUT2D eigenvalue weighted by Crippen LogP contribution is -2.20. The summed E-state index contributed by atoms with van der Waals surface area (Å²) in [7, 11) is -2.08. The van der Waals surface area contributed by atoms with Crippen molar-refractivity contribution >= 4 is 38.8 Å². The minimum absolute atomic E-state index is 0.0445. The molecule has 0 atom stereocenters. The van der Waals surface area contributed by atoms with Gasteiger partial charge < -0.3 is 20.7 Å². The molecule has 1 saturated carbocycles. The molecule has 1 aliphatic rings. The maximum atomic E-state index is 12.7. The number of amides is 2. The minimum atomic E-state index is -3.49. The van der Waals surface area contributed by atoms with E-state index in [2.05, 4.69) is 25.6 Å². The molecule has 1 fully saturated rings. The van der Waals surface area contributed by atoms with Crippen molar-refractivity contribution in [3.63, 3.8) is 0 Å². The molecular weight excluding hydrogens is 472 g/mol. The highest BCUT2D eigenvalue weighted by molar-refractivity contribution is 7.90. The van der Waals surface area contributed by atoms with Crippen molar-refractivity contribution in [3.8, 4) is 17.1 Å². The number of hydrogen-bond acceptors (Lipinski definition) is 9. The summed E-state index contributed by atoms with van der Waals surface area (Å²) in [5.74, 6) is -0.567. The zero-order valence-corrected chi connectivity index (χ0v) is 19.6. The minimum Gasteiger partial charge on any atom is -0.494 e. The van der Waals surface area contributed by atoms with Crippen LogP contribution in [-0.2, 0) is 14.6 Å². The van der Waals surface area contributed by atoms with Gasteiger partial charge in [-0.2, -0.15) is 0 Å². The van der Waals surface area contributed by atoms with Crippen LogP contribution in [0.25, 0.3) is 11.4 Å². The lowest BCUT2D eigenvalue weighted by atomic mass is 10.1. The number of nitrogens with one attached hydrogen (secondary N) is 3. The van der Waals surface area contributed by atoms with Crippen LogP contribution in [0.5, 0.6) is 5.75 Å². The van der Waals surface area contributed by atoms with Crippen LogP contribution >= 0.6 is 0 Å². The first-order valence-corrected chi connectivity index (χ1v) is 12.3. The number of rotatable bonds is 8. The monoisotopic (exact) mass is 499 g/mol. The van der Waals surface area contributed by atoms with Crippen molar-refractivity contribution in [2.75, 3.05) is 31.0 Å². The summed E-state index contributed by atoms with van der Waals surface area (Å²) < 4.78 is 51.2. The van der Waals surface area contributed by atoms with E-state index in [0.29, 0.717) is 11.3 Å². The lowest BCUT2D eigenvalue weighted by molar-refractivity contribution is -0.117. The fraction of sp³-hybridized carbons (Fsp3) is 0.261. The SMILES string of the molecule is [2H]C([2H])([2H])NC(=O)c1cnc(NC(=O)C2CC2)cc1Nc1cccc(-c2ncc(S(C)(=O)=O)cn2)c1OC. The predicted molar refractivity (Wildman–Crippen MR) is 129 cm³/mol. The second-order valence-electron chi connectivity index (χ2n) is 7.86. The Kier molecular flexibility index (Phi) is 5.61. The van der Waals surface area contributed by atoms with Crippen LogP contribution in [0.1, 0.15) is 27.3 Å². The van der Waals surface area contributed by atoms with Crippen molar-refractivity contribution in [1.29, 1.82) is 0 Å². The van der Waals surface area contributed by atoms with E-state index in [1.165, 1.54) is 25.6 Å². The number of ether oxygens (including phenoxy) is 1. The van der Waals surface area contributed by atoms with Crippen molar-refractivity contribution in [2.24, 2.45) is 5.92 Å². The Morgan fingerprint density at radius 3 is 2.49 bits per heavy atom. The van der Waals surface area contributed by atoms with Gasteiger partial charge in [0.1, 0.15) is 10.7 Å². The summed E-state index contributed by atoms with van der Waals surface area (Å²) in [6.07, 6.45) is 6.15. The second kappa shape index (κ2) is 9.66. The molecule has 2 amide bonds. The summed E-state index contributed by atoms with van der Waals surface area (Å²) in [6.45, 7) is -2.74. The number of nitrogens with zero attached hydrogens (tertiary/aromatic N) is 3. The van der Waals surface area contributed by atoms with E-state index >= 15 is 0 Å². The highest BCUT2D eigenvalue weighted by atomic mass is 32.2. The molecule has 4 rings (SSSR count). The quantitative estimate of drug-likeness (QED) is 0.424. The van der Waals surface area contributed by atoms with Crippen molar-refractivity contribution in [2.45, 2.75) is 17.7 Å². The molecule has 11 nitrogen and oxygen atoms in total. The van der Waals surface area contributed by atoms with Crippen LogP contribution in [0, 0.1) is 5.92 Å². The molecule has 3 N–H and O–H groups in total. The van der Waals surface area contributed by atoms with Gasteiger partial charge in [-0.25, -0.2) is 23.4 Å². The summed E-state index contributed by atoms with van der Waals surface area (Å²) >= 11 is 0.